The van der Waals surface area contributed by atoms with Crippen LogP contribution in [0, 0.1) is 0 Å². The van der Waals surface area contributed by atoms with E-state index in [1.807, 2.05) is 30.3 Å². The minimum Gasteiger partial charge on any atom is -0.389 e. The minimum absolute atomic E-state index is 0.352. The molecule has 0 bridgehead atoms. The zero-order valence-corrected chi connectivity index (χ0v) is 12.5. The monoisotopic (exact) mass is 305 g/mol. The summed E-state index contributed by atoms with van der Waals surface area (Å²) >= 11 is 5.16. The Morgan fingerprint density at radius 2 is 2.00 bits per heavy atom. The number of hydrogen-bond acceptors (Lipinski definition) is 4. The van der Waals surface area contributed by atoms with Crippen molar-refractivity contribution in [3.8, 4) is 0 Å². The molecule has 2 heterocycles. The van der Waals surface area contributed by atoms with Gasteiger partial charge in [-0.3, -0.25) is 4.21 Å². The predicted molar refractivity (Wildman–Crippen MR) is 87.7 cm³/mol. The molecule has 0 radical (unpaired) electrons. The van der Waals surface area contributed by atoms with Crippen LogP contribution in [0.15, 0.2) is 30.3 Å². The lowest BCUT2D eigenvalue weighted by molar-refractivity contribution is 0.672. The molecule has 0 amide bonds. The number of nitrogens with zero attached hydrogens (tertiary/aromatic N) is 2. The number of pyridine rings is 1. The molecular weight excluding hydrogens is 290 g/mol. The van der Waals surface area contributed by atoms with Crippen LogP contribution in [0.25, 0.3) is 10.9 Å². The van der Waals surface area contributed by atoms with Crippen molar-refractivity contribution < 1.29 is 4.21 Å². The molecule has 0 aliphatic carbocycles. The average Bonchev–Trinajstić information content (AvgIpc) is 2.46. The fourth-order valence-electron chi connectivity index (χ4n) is 2.38. The number of hydrogen-bond donors (Lipinski definition) is 1. The topological polar surface area (TPSA) is 59.2 Å². The summed E-state index contributed by atoms with van der Waals surface area (Å²) in [7, 11) is -0.713. The average molecular weight is 305 g/mol. The van der Waals surface area contributed by atoms with Crippen molar-refractivity contribution >= 4 is 44.7 Å². The number of anilines is 1. The number of nitrogens with two attached hydrogens (primary N) is 1. The van der Waals surface area contributed by atoms with Crippen molar-refractivity contribution in [3.05, 3.63) is 35.9 Å². The second-order valence-corrected chi connectivity index (χ2v) is 6.89. The van der Waals surface area contributed by atoms with Crippen LogP contribution < -0.4 is 10.6 Å². The van der Waals surface area contributed by atoms with E-state index in [-0.39, 0.29) is 0 Å². The van der Waals surface area contributed by atoms with Crippen LogP contribution in [-0.4, -0.2) is 38.8 Å². The first-order valence-corrected chi connectivity index (χ1v) is 8.34. The molecule has 0 spiro atoms. The Hall–Kier alpha value is -1.53. The molecule has 6 heteroatoms. The number of rotatable bonds is 2. The Kier molecular flexibility index (Phi) is 3.67. The molecule has 1 saturated heterocycles. The van der Waals surface area contributed by atoms with Gasteiger partial charge < -0.3 is 10.6 Å². The molecule has 3 rings (SSSR count). The molecule has 2 aromatic rings. The lowest BCUT2D eigenvalue weighted by Crippen LogP contribution is -2.39. The molecule has 20 heavy (non-hydrogen) atoms. The summed E-state index contributed by atoms with van der Waals surface area (Å²) in [6.45, 7) is 1.46. The Morgan fingerprint density at radius 1 is 1.30 bits per heavy atom. The molecule has 1 aromatic heterocycles. The van der Waals surface area contributed by atoms with Crippen LogP contribution in [0.3, 0.4) is 0 Å². The predicted octanol–water partition coefficient (Wildman–Crippen LogP) is 1.44. The van der Waals surface area contributed by atoms with Gasteiger partial charge in [0.15, 0.2) is 0 Å². The van der Waals surface area contributed by atoms with Gasteiger partial charge in [0.05, 0.1) is 11.1 Å². The van der Waals surface area contributed by atoms with Gasteiger partial charge in [0.2, 0.25) is 0 Å². The van der Waals surface area contributed by atoms with Gasteiger partial charge in [0, 0.05) is 40.8 Å². The van der Waals surface area contributed by atoms with Crippen molar-refractivity contribution in [3.63, 3.8) is 0 Å². The summed E-state index contributed by atoms with van der Waals surface area (Å²) in [6.07, 6.45) is 0. The molecule has 4 nitrogen and oxygen atoms in total. The Morgan fingerprint density at radius 3 is 2.70 bits per heavy atom. The molecule has 1 aromatic carbocycles. The largest absolute Gasteiger partial charge is 0.389 e. The van der Waals surface area contributed by atoms with Crippen molar-refractivity contribution in [1.82, 2.24) is 4.98 Å². The fourth-order valence-corrected chi connectivity index (χ4v) is 3.58. The summed E-state index contributed by atoms with van der Waals surface area (Å²) in [5, 5.41) is 1.03. The van der Waals surface area contributed by atoms with Gasteiger partial charge in [-0.15, -0.1) is 0 Å². The summed E-state index contributed by atoms with van der Waals surface area (Å²) in [5.74, 6) is 2.16. The van der Waals surface area contributed by atoms with Gasteiger partial charge in [-0.1, -0.05) is 30.4 Å². The third kappa shape index (κ3) is 2.53. The van der Waals surface area contributed by atoms with E-state index in [1.54, 1.807) is 0 Å². The quantitative estimate of drug-likeness (QED) is 0.851. The van der Waals surface area contributed by atoms with Crippen molar-refractivity contribution in [2.75, 3.05) is 29.5 Å². The van der Waals surface area contributed by atoms with Crippen LogP contribution in [-0.2, 0) is 10.8 Å². The summed E-state index contributed by atoms with van der Waals surface area (Å²) in [5.41, 5.74) is 7.57. The van der Waals surface area contributed by atoms with E-state index in [0.29, 0.717) is 16.5 Å². The van der Waals surface area contributed by atoms with E-state index >= 15 is 0 Å². The first kappa shape index (κ1) is 13.5. The molecule has 0 saturated carbocycles. The zero-order chi connectivity index (χ0) is 14.1. The Bertz CT molecular complexity index is 692. The third-order valence-electron chi connectivity index (χ3n) is 3.45. The van der Waals surface area contributed by atoms with E-state index in [9.17, 15) is 4.21 Å². The smallest absolute Gasteiger partial charge is 0.139 e. The van der Waals surface area contributed by atoms with Gasteiger partial charge >= 0.3 is 0 Å². The highest BCUT2D eigenvalue weighted by Gasteiger charge is 2.20. The number of thiocarbonyl (C=S) groups is 1. The maximum atomic E-state index is 11.5. The second kappa shape index (κ2) is 5.46. The van der Waals surface area contributed by atoms with Gasteiger partial charge in [-0.2, -0.15) is 0 Å². The summed E-state index contributed by atoms with van der Waals surface area (Å²) < 4.78 is 11.5. The van der Waals surface area contributed by atoms with E-state index in [0.717, 1.165) is 35.4 Å². The van der Waals surface area contributed by atoms with E-state index in [2.05, 4.69) is 4.90 Å². The fraction of sp³-hybridized carbons (Fsp3) is 0.286. The third-order valence-corrected chi connectivity index (χ3v) is 4.94. The normalized spacial score (nSPS) is 16.5. The summed E-state index contributed by atoms with van der Waals surface area (Å²) in [6, 6.07) is 9.90. The lowest BCUT2D eigenvalue weighted by Gasteiger charge is -2.29. The van der Waals surface area contributed by atoms with Gasteiger partial charge in [0.25, 0.3) is 0 Å². The molecule has 0 atom stereocenters. The highest BCUT2D eigenvalue weighted by Crippen LogP contribution is 2.24. The summed E-state index contributed by atoms with van der Waals surface area (Å²) in [4.78, 5) is 7.18. The molecule has 2 N–H and O–H groups in total. The van der Waals surface area contributed by atoms with Gasteiger partial charge in [-0.25, -0.2) is 4.98 Å². The standard InChI is InChI=1S/C14H15N3OS2/c15-13(19)11-9-10-3-1-2-4-12(10)16-14(11)17-5-7-20(18)8-6-17/h1-4,9H,5-8H2,(H2,15,19). The molecular formula is C14H15N3OS2. The van der Waals surface area contributed by atoms with Gasteiger partial charge in [-0.05, 0) is 12.1 Å². The van der Waals surface area contributed by atoms with Crippen LogP contribution in [0.2, 0.25) is 0 Å². The number of benzene rings is 1. The van der Waals surface area contributed by atoms with Crippen LogP contribution in [0.1, 0.15) is 5.56 Å². The molecule has 1 aliphatic heterocycles. The Balaban J connectivity index is 2.10. The van der Waals surface area contributed by atoms with Crippen LogP contribution in [0.5, 0.6) is 0 Å². The van der Waals surface area contributed by atoms with Crippen molar-refractivity contribution in [2.45, 2.75) is 0 Å². The second-order valence-electron chi connectivity index (χ2n) is 4.75. The highest BCUT2D eigenvalue weighted by atomic mass is 32.2. The van der Waals surface area contributed by atoms with Crippen molar-refractivity contribution in [2.24, 2.45) is 5.73 Å². The van der Waals surface area contributed by atoms with Gasteiger partial charge in [0.1, 0.15) is 10.8 Å². The van der Waals surface area contributed by atoms with E-state index < -0.39 is 10.8 Å². The van der Waals surface area contributed by atoms with Crippen molar-refractivity contribution in [1.29, 1.82) is 0 Å². The first-order chi connectivity index (χ1) is 9.65. The molecule has 104 valence electrons. The highest BCUT2D eigenvalue weighted by molar-refractivity contribution is 7.85. The number of aromatic nitrogens is 1. The minimum atomic E-state index is -0.713. The van der Waals surface area contributed by atoms with Crippen LogP contribution >= 0.6 is 12.2 Å². The molecule has 0 unspecified atom stereocenters. The Labute approximate surface area is 125 Å². The van der Waals surface area contributed by atoms with Crippen LogP contribution in [0.4, 0.5) is 5.82 Å². The van der Waals surface area contributed by atoms with E-state index in [4.69, 9.17) is 22.9 Å². The number of para-hydroxylation sites is 1. The first-order valence-electron chi connectivity index (χ1n) is 6.44. The maximum Gasteiger partial charge on any atom is 0.139 e. The SMILES string of the molecule is NC(=S)c1cc2ccccc2nc1N1CCS(=O)CC1. The maximum absolute atomic E-state index is 11.5. The lowest BCUT2D eigenvalue weighted by atomic mass is 10.1. The zero-order valence-electron chi connectivity index (χ0n) is 10.9. The molecule has 1 fully saturated rings. The number of fused-ring (bicyclic) bond motifs is 1. The van der Waals surface area contributed by atoms with E-state index in [1.165, 1.54) is 0 Å². The molecule has 1 aliphatic rings.